The van der Waals surface area contributed by atoms with Gasteiger partial charge in [-0.25, -0.2) is 0 Å². The fourth-order valence-electron chi connectivity index (χ4n) is 10.1. The highest BCUT2D eigenvalue weighted by molar-refractivity contribution is 6.00. The van der Waals surface area contributed by atoms with E-state index in [-0.39, 0.29) is 43.0 Å². The minimum absolute atomic E-state index is 0.0409. The van der Waals surface area contributed by atoms with Crippen LogP contribution in [-0.4, -0.2) is 212 Å². The first kappa shape index (κ1) is 67.5. The van der Waals surface area contributed by atoms with Crippen molar-refractivity contribution >= 4 is 41.4 Å². The van der Waals surface area contributed by atoms with Crippen LogP contribution >= 0.6 is 0 Å². The van der Waals surface area contributed by atoms with Crippen LogP contribution in [0.4, 0.5) is 0 Å². The van der Waals surface area contributed by atoms with E-state index in [1.807, 2.05) is 48.5 Å². The smallest absolute Gasteiger partial charge is 0.251 e. The fourth-order valence-corrected chi connectivity index (χ4v) is 10.1. The van der Waals surface area contributed by atoms with Crippen LogP contribution in [-0.2, 0) is 33.5 Å². The maximum absolute atomic E-state index is 14.7. The van der Waals surface area contributed by atoms with E-state index in [0.717, 1.165) is 70.9 Å². The normalized spacial score (nSPS) is 24.4. The lowest BCUT2D eigenvalue weighted by atomic mass is 9.96. The Balaban J connectivity index is 1.36. The van der Waals surface area contributed by atoms with Gasteiger partial charge in [0.05, 0.1) is 38.1 Å². The Kier molecular flexibility index (Phi) is 25.3. The summed E-state index contributed by atoms with van der Waals surface area (Å²) in [6.45, 7) is 4.63. The summed E-state index contributed by atoms with van der Waals surface area (Å²) in [5, 5.41) is 104. The van der Waals surface area contributed by atoms with Gasteiger partial charge in [0.25, 0.3) is 5.91 Å². The summed E-state index contributed by atoms with van der Waals surface area (Å²) in [6, 6.07) is 15.1. The molecule has 0 aromatic heterocycles. The maximum Gasteiger partial charge on any atom is 0.251 e. The highest BCUT2D eigenvalue weighted by Crippen LogP contribution is 2.29. The number of ether oxygens (including phenoxy) is 2. The number of aliphatic hydroxyl groups is 7. The van der Waals surface area contributed by atoms with E-state index < -0.39 is 146 Å². The molecule has 2 fully saturated rings. The molecule has 25 heteroatoms. The summed E-state index contributed by atoms with van der Waals surface area (Å²) in [5.74, 6) is -7.52. The lowest BCUT2D eigenvalue weighted by molar-refractivity contribution is -0.151. The first-order chi connectivity index (χ1) is 41.1. The van der Waals surface area contributed by atoms with Crippen LogP contribution in [0.15, 0.2) is 97.1 Å². The minimum atomic E-state index is -2.29. The van der Waals surface area contributed by atoms with Gasteiger partial charge in [-0.05, 0) is 98.0 Å². The average molecular weight is 1200 g/mol. The van der Waals surface area contributed by atoms with Crippen LogP contribution in [0.2, 0.25) is 0 Å². The number of phenolic OH excluding ortho intramolecular Hbond substituents is 1. The van der Waals surface area contributed by atoms with E-state index in [1.165, 1.54) is 36.4 Å². The number of amides is 7. The van der Waals surface area contributed by atoms with Gasteiger partial charge in [0.1, 0.15) is 66.1 Å². The number of hydrogen-bond donors (Lipinski definition) is 14. The highest BCUT2D eigenvalue weighted by Gasteiger charge is 2.47. The summed E-state index contributed by atoms with van der Waals surface area (Å²) in [4.78, 5) is 103. The van der Waals surface area contributed by atoms with Crippen molar-refractivity contribution in [1.82, 2.24) is 41.7 Å². The number of carbonyl (C=O) groups is 7. The molecule has 0 aliphatic carbocycles. The molecular formula is C61H82N8O17. The Morgan fingerprint density at radius 2 is 1.22 bits per heavy atom. The number of benzene rings is 4. The zero-order valence-corrected chi connectivity index (χ0v) is 48.9. The van der Waals surface area contributed by atoms with E-state index in [4.69, 9.17) is 9.47 Å². The summed E-state index contributed by atoms with van der Waals surface area (Å²) in [5.41, 5.74) is 3.46. The number of likely N-dealkylation sites (N-methyl/N-ethyl adjacent to an activating group) is 1. The van der Waals surface area contributed by atoms with Crippen LogP contribution in [0.3, 0.4) is 0 Å². The Bertz CT molecular complexity index is 2880. The molecule has 2 aliphatic rings. The monoisotopic (exact) mass is 1200 g/mol. The molecular weight excluding hydrogens is 1120 g/mol. The largest absolute Gasteiger partial charge is 0.508 e. The number of carbonyl (C=O) groups excluding carboxylic acids is 7. The summed E-state index contributed by atoms with van der Waals surface area (Å²) < 4.78 is 11.8. The molecule has 0 radical (unpaired) electrons. The van der Waals surface area contributed by atoms with Gasteiger partial charge < -0.3 is 92.0 Å². The number of nitrogens with zero attached hydrogens (tertiary/aromatic N) is 2. The summed E-state index contributed by atoms with van der Waals surface area (Å²) in [6.07, 6.45) is -10.9. The standard InChI is InChI=1S/C61H82N8O17/c1-6-8-9-28-85-44-24-20-39(21-25-44)37-12-10-36(11-13-37)38-14-16-41(17-15-38)54(78)63-45-31-48(75)59(86-29-26-62-5)67-57(81)47(33-70)68(27-7-2)60(83)49(34(3)71)65-58(82)51(53(77)52(76)40-18-22-42(73)23-19-40)66-56(80)46-30-43(74)32-69(46)61(84)50(35(4)72)64-55(45)79/h10-25,34-35,43,45-53,59,62,70-77H,6-9,26-33H2,1-5H3,(H,63,78)(H,64,79)(H,65,82)(H,66,80)(H,67,81). The van der Waals surface area contributed by atoms with Gasteiger partial charge >= 0.3 is 0 Å². The van der Waals surface area contributed by atoms with Gasteiger partial charge in [-0.2, -0.15) is 0 Å². The van der Waals surface area contributed by atoms with Gasteiger partial charge in [-0.3, -0.25) is 33.6 Å². The quantitative estimate of drug-likeness (QED) is 0.0477. The second kappa shape index (κ2) is 32.2. The first-order valence-electron chi connectivity index (χ1n) is 28.9. The predicted molar refractivity (Wildman–Crippen MR) is 313 cm³/mol. The first-order valence-corrected chi connectivity index (χ1v) is 28.9. The number of phenols is 1. The third-order valence-electron chi connectivity index (χ3n) is 15.0. The zero-order valence-electron chi connectivity index (χ0n) is 48.9. The Morgan fingerprint density at radius 1 is 0.663 bits per heavy atom. The third kappa shape index (κ3) is 17.8. The average Bonchev–Trinajstić information content (AvgIpc) is 2.56. The van der Waals surface area contributed by atoms with Gasteiger partial charge in [-0.1, -0.05) is 87.4 Å². The van der Waals surface area contributed by atoms with Crippen molar-refractivity contribution in [3.05, 3.63) is 108 Å². The van der Waals surface area contributed by atoms with Crippen LogP contribution < -0.4 is 36.6 Å². The minimum Gasteiger partial charge on any atom is -0.508 e. The van der Waals surface area contributed by atoms with Gasteiger partial charge in [0.15, 0.2) is 6.23 Å². The lowest BCUT2D eigenvalue weighted by Gasteiger charge is -2.36. The molecule has 86 heavy (non-hydrogen) atoms. The summed E-state index contributed by atoms with van der Waals surface area (Å²) in [7, 11) is 1.59. The molecule has 7 amide bonds. The van der Waals surface area contributed by atoms with Gasteiger partial charge in [0.2, 0.25) is 35.4 Å². The Hall–Kier alpha value is -7.59. The van der Waals surface area contributed by atoms with Crippen LogP contribution in [0.5, 0.6) is 11.5 Å². The molecule has 2 aliphatic heterocycles. The van der Waals surface area contributed by atoms with Crippen LogP contribution in [0, 0.1) is 0 Å². The molecule has 6 rings (SSSR count). The SMILES string of the molecule is CCCCCOc1ccc(-c2ccc(-c3ccc(C(=O)NC4CC(O)C(OCCNC)NC(=O)C(CO)N(CCC)C(=O)C(C(C)O)NC(=O)C(C(O)C(O)c5ccc(O)cc5)NC(=O)C5CC(O)CN5C(=O)C(C(C)O)NC4=O)cc3)cc2)cc1. The van der Waals surface area contributed by atoms with E-state index in [0.29, 0.717) is 6.61 Å². The molecule has 4 aromatic rings. The van der Waals surface area contributed by atoms with E-state index >= 15 is 0 Å². The zero-order chi connectivity index (χ0) is 62.8. The molecule has 25 nitrogen and oxygen atoms in total. The van der Waals surface area contributed by atoms with Crippen LogP contribution in [0.1, 0.15) is 88.2 Å². The van der Waals surface area contributed by atoms with Gasteiger partial charge in [0, 0.05) is 38.0 Å². The van der Waals surface area contributed by atoms with Crippen molar-refractivity contribution in [3.63, 3.8) is 0 Å². The van der Waals surface area contributed by atoms with Crippen molar-refractivity contribution in [1.29, 1.82) is 0 Å². The van der Waals surface area contributed by atoms with Crippen molar-refractivity contribution < 1.29 is 83.9 Å². The van der Waals surface area contributed by atoms with Crippen molar-refractivity contribution in [2.75, 3.05) is 46.5 Å². The molecule has 2 saturated heterocycles. The molecule has 0 spiro atoms. The number of fused-ring (bicyclic) bond motifs is 1. The predicted octanol–water partition coefficient (Wildman–Crippen LogP) is -0.292. The number of unbranched alkanes of at least 4 members (excludes halogenated alkanes) is 2. The highest BCUT2D eigenvalue weighted by atomic mass is 16.5. The van der Waals surface area contributed by atoms with Gasteiger partial charge in [-0.15, -0.1) is 0 Å². The fraction of sp³-hybridized carbons (Fsp3) is 0.492. The third-order valence-corrected chi connectivity index (χ3v) is 15.0. The number of aliphatic hydroxyl groups excluding tert-OH is 7. The Morgan fingerprint density at radius 3 is 1.78 bits per heavy atom. The van der Waals surface area contributed by atoms with Crippen molar-refractivity contribution in [3.8, 4) is 33.8 Å². The molecule has 13 unspecified atom stereocenters. The molecule has 0 saturated carbocycles. The summed E-state index contributed by atoms with van der Waals surface area (Å²) >= 11 is 0. The number of aromatic hydroxyl groups is 1. The lowest BCUT2D eigenvalue weighted by Crippen LogP contribution is -2.64. The Labute approximate surface area is 499 Å². The molecule has 468 valence electrons. The number of hydrogen-bond acceptors (Lipinski definition) is 18. The molecule has 2 heterocycles. The molecule has 14 N–H and O–H groups in total. The second-order valence-corrected chi connectivity index (χ2v) is 21.6. The van der Waals surface area contributed by atoms with Crippen molar-refractivity contribution in [2.45, 2.75) is 145 Å². The molecule has 0 bridgehead atoms. The van der Waals surface area contributed by atoms with E-state index in [9.17, 15) is 74.4 Å². The van der Waals surface area contributed by atoms with Crippen LogP contribution in [0.25, 0.3) is 22.3 Å². The van der Waals surface area contributed by atoms with Crippen molar-refractivity contribution in [2.24, 2.45) is 0 Å². The molecule has 13 atom stereocenters. The maximum atomic E-state index is 14.7. The number of nitrogens with one attached hydrogen (secondary N) is 6. The number of rotatable bonds is 21. The van der Waals surface area contributed by atoms with E-state index in [2.05, 4.69) is 38.8 Å². The van der Waals surface area contributed by atoms with E-state index in [1.54, 1.807) is 26.1 Å². The molecule has 4 aromatic carbocycles. The second-order valence-electron chi connectivity index (χ2n) is 21.6. The topological polar surface area (TPSA) is 378 Å².